The molecule has 1 amide bonds. The third-order valence-electron chi connectivity index (χ3n) is 2.76. The van der Waals surface area contributed by atoms with E-state index in [0.717, 1.165) is 0 Å². The number of carbonyl (C=O) groups is 1. The molecule has 0 unspecified atom stereocenters. The van der Waals surface area contributed by atoms with Crippen LogP contribution in [0.5, 0.6) is 0 Å². The Balaban J connectivity index is 2.39. The van der Waals surface area contributed by atoms with Crippen molar-refractivity contribution >= 4 is 5.91 Å². The fraction of sp³-hybridized carbons (Fsp3) is 0.500. The van der Waals surface area contributed by atoms with Crippen LogP contribution in [0.1, 0.15) is 19.4 Å². The summed E-state index contributed by atoms with van der Waals surface area (Å²) in [6.45, 7) is 4.84. The van der Waals surface area contributed by atoms with Crippen molar-refractivity contribution in [2.75, 3.05) is 20.1 Å². The summed E-state index contributed by atoms with van der Waals surface area (Å²) in [6.07, 6.45) is 0.538. The van der Waals surface area contributed by atoms with E-state index in [-0.39, 0.29) is 17.8 Å². The Bertz CT molecular complexity index is 393. The molecule has 0 fully saturated rings. The third kappa shape index (κ3) is 4.84. The molecule has 1 rings (SSSR count). The van der Waals surface area contributed by atoms with Crippen molar-refractivity contribution in [1.29, 1.82) is 0 Å². The molecule has 0 aromatic heterocycles. The van der Waals surface area contributed by atoms with Gasteiger partial charge in [0.2, 0.25) is 5.91 Å². The summed E-state index contributed by atoms with van der Waals surface area (Å²) >= 11 is 0. The number of carbonyl (C=O) groups excluding carboxylic acids is 1. The molecule has 0 atom stereocenters. The van der Waals surface area contributed by atoms with E-state index in [2.05, 4.69) is 5.32 Å². The number of amides is 1. The summed E-state index contributed by atoms with van der Waals surface area (Å²) in [5, 5.41) is 3.07. The van der Waals surface area contributed by atoms with Crippen molar-refractivity contribution in [3.63, 3.8) is 0 Å². The van der Waals surface area contributed by atoms with Gasteiger partial charge in [-0.25, -0.2) is 4.39 Å². The van der Waals surface area contributed by atoms with Crippen LogP contribution in [-0.2, 0) is 11.2 Å². The second-order valence-electron chi connectivity index (χ2n) is 4.69. The fourth-order valence-electron chi connectivity index (χ4n) is 1.54. The number of rotatable bonds is 6. The number of nitrogens with zero attached hydrogens (tertiary/aromatic N) is 1. The Hall–Kier alpha value is -1.42. The molecule has 0 aliphatic carbocycles. The van der Waals surface area contributed by atoms with Crippen molar-refractivity contribution in [3.8, 4) is 0 Å². The lowest BCUT2D eigenvalue weighted by atomic mass is 10.1. The van der Waals surface area contributed by atoms with E-state index in [0.29, 0.717) is 25.1 Å². The molecule has 0 radical (unpaired) electrons. The van der Waals surface area contributed by atoms with Gasteiger partial charge in [0, 0.05) is 19.6 Å². The number of hydrogen-bond donors (Lipinski definition) is 1. The molecule has 1 aromatic carbocycles. The third-order valence-corrected chi connectivity index (χ3v) is 2.76. The number of benzene rings is 1. The van der Waals surface area contributed by atoms with Crippen LogP contribution in [0.15, 0.2) is 24.3 Å². The van der Waals surface area contributed by atoms with Gasteiger partial charge in [-0.1, -0.05) is 32.0 Å². The summed E-state index contributed by atoms with van der Waals surface area (Å²) in [7, 11) is 1.74. The first-order chi connectivity index (χ1) is 8.50. The van der Waals surface area contributed by atoms with Gasteiger partial charge < -0.3 is 10.2 Å². The lowest BCUT2D eigenvalue weighted by molar-refractivity contribution is -0.129. The average Bonchev–Trinajstić information content (AvgIpc) is 2.34. The van der Waals surface area contributed by atoms with Crippen molar-refractivity contribution < 1.29 is 9.18 Å². The van der Waals surface area contributed by atoms with Gasteiger partial charge in [-0.2, -0.15) is 0 Å². The second-order valence-corrected chi connectivity index (χ2v) is 4.69. The first-order valence-electron chi connectivity index (χ1n) is 6.21. The van der Waals surface area contributed by atoms with Gasteiger partial charge in [0.15, 0.2) is 0 Å². The van der Waals surface area contributed by atoms with Crippen LogP contribution >= 0.6 is 0 Å². The smallest absolute Gasteiger partial charge is 0.236 e. The second kappa shape index (κ2) is 7.11. The lowest BCUT2D eigenvalue weighted by Crippen LogP contribution is -2.39. The molecule has 0 aliphatic rings. The number of likely N-dealkylation sites (N-methyl/N-ethyl adjacent to an activating group) is 1. The predicted molar refractivity (Wildman–Crippen MR) is 70.9 cm³/mol. The van der Waals surface area contributed by atoms with Crippen molar-refractivity contribution in [2.24, 2.45) is 0 Å². The standard InChI is InChI=1S/C14H21FN2O/c1-11(2)16-10-14(18)17(3)9-8-12-6-4-5-7-13(12)15/h4-7,11,16H,8-10H2,1-3H3. The Labute approximate surface area is 108 Å². The predicted octanol–water partition coefficient (Wildman–Crippen LogP) is 1.82. The highest BCUT2D eigenvalue weighted by molar-refractivity contribution is 5.77. The van der Waals surface area contributed by atoms with Crippen LogP contribution in [0.3, 0.4) is 0 Å². The maximum absolute atomic E-state index is 13.4. The van der Waals surface area contributed by atoms with Gasteiger partial charge in [0.1, 0.15) is 5.82 Å². The zero-order valence-corrected chi connectivity index (χ0v) is 11.2. The van der Waals surface area contributed by atoms with Crippen LogP contribution in [0.2, 0.25) is 0 Å². The quantitative estimate of drug-likeness (QED) is 0.837. The average molecular weight is 252 g/mol. The van der Waals surface area contributed by atoms with Gasteiger partial charge >= 0.3 is 0 Å². The van der Waals surface area contributed by atoms with Gasteiger partial charge in [-0.3, -0.25) is 4.79 Å². The fourth-order valence-corrected chi connectivity index (χ4v) is 1.54. The van der Waals surface area contributed by atoms with Crippen LogP contribution in [0.25, 0.3) is 0 Å². The Morgan fingerprint density at radius 1 is 1.39 bits per heavy atom. The van der Waals surface area contributed by atoms with Crippen LogP contribution in [-0.4, -0.2) is 37.0 Å². The molecule has 18 heavy (non-hydrogen) atoms. The number of hydrogen-bond acceptors (Lipinski definition) is 2. The molecule has 0 saturated carbocycles. The highest BCUT2D eigenvalue weighted by Gasteiger charge is 2.09. The Morgan fingerprint density at radius 3 is 2.67 bits per heavy atom. The van der Waals surface area contributed by atoms with Crippen LogP contribution in [0, 0.1) is 5.82 Å². The molecule has 0 bridgehead atoms. The first kappa shape index (κ1) is 14.6. The van der Waals surface area contributed by atoms with E-state index in [1.54, 1.807) is 30.1 Å². The monoisotopic (exact) mass is 252 g/mol. The Kier molecular flexibility index (Phi) is 5.78. The number of nitrogens with one attached hydrogen (secondary N) is 1. The lowest BCUT2D eigenvalue weighted by Gasteiger charge is -2.18. The van der Waals surface area contributed by atoms with E-state index in [1.807, 2.05) is 13.8 Å². The van der Waals surface area contributed by atoms with Crippen molar-refractivity contribution in [1.82, 2.24) is 10.2 Å². The summed E-state index contributed by atoms with van der Waals surface area (Å²) in [6, 6.07) is 6.95. The molecule has 0 saturated heterocycles. The normalized spacial score (nSPS) is 10.7. The van der Waals surface area contributed by atoms with Crippen molar-refractivity contribution in [3.05, 3.63) is 35.6 Å². The molecular formula is C14H21FN2O. The molecule has 3 nitrogen and oxygen atoms in total. The minimum Gasteiger partial charge on any atom is -0.344 e. The Morgan fingerprint density at radius 2 is 2.06 bits per heavy atom. The molecule has 0 aliphatic heterocycles. The van der Waals surface area contributed by atoms with E-state index < -0.39 is 0 Å². The SMILES string of the molecule is CC(C)NCC(=O)N(C)CCc1ccccc1F. The van der Waals surface area contributed by atoms with Crippen LogP contribution in [0.4, 0.5) is 4.39 Å². The molecule has 0 spiro atoms. The van der Waals surface area contributed by atoms with Gasteiger partial charge in [-0.05, 0) is 18.1 Å². The maximum atomic E-state index is 13.4. The van der Waals surface area contributed by atoms with Crippen LogP contribution < -0.4 is 5.32 Å². The minimum atomic E-state index is -0.210. The minimum absolute atomic E-state index is 0.0278. The summed E-state index contributed by atoms with van der Waals surface area (Å²) in [5.41, 5.74) is 0.647. The molecule has 1 N–H and O–H groups in total. The van der Waals surface area contributed by atoms with Crippen molar-refractivity contribution in [2.45, 2.75) is 26.3 Å². The summed E-state index contributed by atoms with van der Waals surface area (Å²) < 4.78 is 13.4. The topological polar surface area (TPSA) is 32.3 Å². The highest BCUT2D eigenvalue weighted by atomic mass is 19.1. The molecule has 1 aromatic rings. The first-order valence-corrected chi connectivity index (χ1v) is 6.21. The largest absolute Gasteiger partial charge is 0.344 e. The highest BCUT2D eigenvalue weighted by Crippen LogP contribution is 2.07. The van der Waals surface area contributed by atoms with Gasteiger partial charge in [0.05, 0.1) is 6.54 Å². The van der Waals surface area contributed by atoms with E-state index >= 15 is 0 Å². The molecule has 100 valence electrons. The van der Waals surface area contributed by atoms with E-state index in [9.17, 15) is 9.18 Å². The summed E-state index contributed by atoms with van der Waals surface area (Å²) in [4.78, 5) is 13.4. The molecular weight excluding hydrogens is 231 g/mol. The van der Waals surface area contributed by atoms with E-state index in [1.165, 1.54) is 6.07 Å². The zero-order chi connectivity index (χ0) is 13.5. The van der Waals surface area contributed by atoms with E-state index in [4.69, 9.17) is 0 Å². The summed E-state index contributed by atoms with van der Waals surface area (Å²) in [5.74, 6) is -0.182. The van der Waals surface area contributed by atoms with Gasteiger partial charge in [0.25, 0.3) is 0 Å². The molecule has 4 heteroatoms. The zero-order valence-electron chi connectivity index (χ0n) is 11.2. The molecule has 0 heterocycles. The number of halogens is 1. The maximum Gasteiger partial charge on any atom is 0.236 e. The van der Waals surface area contributed by atoms with Gasteiger partial charge in [-0.15, -0.1) is 0 Å².